The molecule has 2 N–H and O–H groups in total. The molecule has 1 aromatic carbocycles. The van der Waals surface area contributed by atoms with Crippen molar-refractivity contribution >= 4 is 29.1 Å². The second-order valence-corrected chi connectivity index (χ2v) is 9.16. The van der Waals surface area contributed by atoms with Gasteiger partial charge >= 0.3 is 0 Å². The molecule has 31 heavy (non-hydrogen) atoms. The Morgan fingerprint density at radius 2 is 2.06 bits per heavy atom. The number of fused-ring (bicyclic) bond motifs is 1. The van der Waals surface area contributed by atoms with Crippen LogP contribution in [0.4, 0.5) is 0 Å². The summed E-state index contributed by atoms with van der Waals surface area (Å²) in [6.45, 7) is 4.85. The Morgan fingerprint density at radius 3 is 2.71 bits per heavy atom. The number of aryl methyl sites for hydroxylation is 2. The standard InChI is InChI=1S/C23H26Cl2N2O4/c1-12-8-13(2)26-22(29)16(12)10-27-6-5-14-18(24)9-15(21(25)20(14)23(27)30)17(11-28)19-4-3-7-31-19/h8-9,17,19,28H,3-7,10-11H2,1-2H3,(H,26,29)/t17-,19-/m0/s1. The van der Waals surface area contributed by atoms with Crippen LogP contribution in [0.1, 0.15) is 57.1 Å². The molecule has 1 aromatic heterocycles. The Labute approximate surface area is 191 Å². The lowest BCUT2D eigenvalue weighted by Gasteiger charge is -2.32. The maximum Gasteiger partial charge on any atom is 0.256 e. The SMILES string of the molecule is Cc1cc(C)c(CN2CCc3c(Cl)cc([C@H](CO)[C@@H]4CCCO4)c(Cl)c3C2=O)c(=O)[nH]1. The van der Waals surface area contributed by atoms with E-state index in [0.29, 0.717) is 46.3 Å². The van der Waals surface area contributed by atoms with Crippen LogP contribution >= 0.6 is 23.2 Å². The summed E-state index contributed by atoms with van der Waals surface area (Å²) in [6.07, 6.45) is 2.15. The summed E-state index contributed by atoms with van der Waals surface area (Å²) in [7, 11) is 0. The maximum absolute atomic E-state index is 13.4. The van der Waals surface area contributed by atoms with Gasteiger partial charge in [0.05, 0.1) is 29.8 Å². The maximum atomic E-state index is 13.4. The first-order valence-corrected chi connectivity index (χ1v) is 11.3. The molecule has 1 saturated heterocycles. The van der Waals surface area contributed by atoms with E-state index in [1.165, 1.54) is 0 Å². The molecule has 3 heterocycles. The molecule has 0 saturated carbocycles. The first-order valence-electron chi connectivity index (χ1n) is 10.5. The van der Waals surface area contributed by atoms with Gasteiger partial charge in [-0.05, 0) is 61.9 Å². The van der Waals surface area contributed by atoms with Crippen LogP contribution in [-0.4, -0.2) is 46.8 Å². The number of aromatic amines is 1. The number of H-pyrrole nitrogens is 1. The Kier molecular flexibility index (Phi) is 6.44. The lowest BCUT2D eigenvalue weighted by molar-refractivity contribution is 0.0665. The molecule has 1 fully saturated rings. The quantitative estimate of drug-likeness (QED) is 0.705. The molecule has 2 atom stereocenters. The van der Waals surface area contributed by atoms with E-state index in [0.717, 1.165) is 29.7 Å². The Morgan fingerprint density at radius 1 is 1.29 bits per heavy atom. The molecule has 0 unspecified atom stereocenters. The summed E-state index contributed by atoms with van der Waals surface area (Å²) < 4.78 is 5.77. The number of amides is 1. The minimum atomic E-state index is -0.344. The van der Waals surface area contributed by atoms with Crippen molar-refractivity contribution in [1.29, 1.82) is 0 Å². The largest absolute Gasteiger partial charge is 0.396 e. The molecule has 4 rings (SSSR count). The van der Waals surface area contributed by atoms with E-state index in [2.05, 4.69) is 4.98 Å². The van der Waals surface area contributed by atoms with Crippen molar-refractivity contribution in [1.82, 2.24) is 9.88 Å². The number of nitrogens with zero attached hydrogens (tertiary/aromatic N) is 1. The molecule has 2 aromatic rings. The van der Waals surface area contributed by atoms with E-state index >= 15 is 0 Å². The highest BCUT2D eigenvalue weighted by Crippen LogP contribution is 2.40. The average molecular weight is 465 g/mol. The van der Waals surface area contributed by atoms with E-state index in [9.17, 15) is 14.7 Å². The van der Waals surface area contributed by atoms with Gasteiger partial charge in [0.2, 0.25) is 0 Å². The van der Waals surface area contributed by atoms with Gasteiger partial charge in [-0.25, -0.2) is 0 Å². The van der Waals surface area contributed by atoms with Crippen LogP contribution in [0.3, 0.4) is 0 Å². The van der Waals surface area contributed by atoms with Gasteiger partial charge in [-0.15, -0.1) is 0 Å². The number of hydrogen-bond acceptors (Lipinski definition) is 4. The van der Waals surface area contributed by atoms with E-state index in [1.54, 1.807) is 11.0 Å². The van der Waals surface area contributed by atoms with E-state index in [1.807, 2.05) is 19.9 Å². The second kappa shape index (κ2) is 8.94. The minimum Gasteiger partial charge on any atom is -0.396 e. The molecule has 2 aliphatic rings. The van der Waals surface area contributed by atoms with Gasteiger partial charge in [-0.3, -0.25) is 9.59 Å². The van der Waals surface area contributed by atoms with Gasteiger partial charge in [-0.2, -0.15) is 0 Å². The molecule has 6 nitrogen and oxygen atoms in total. The van der Waals surface area contributed by atoms with Gasteiger partial charge in [-0.1, -0.05) is 23.2 Å². The van der Waals surface area contributed by atoms with Crippen LogP contribution < -0.4 is 5.56 Å². The first-order chi connectivity index (χ1) is 14.8. The number of nitrogens with one attached hydrogen (secondary N) is 1. The van der Waals surface area contributed by atoms with Crippen molar-refractivity contribution in [2.24, 2.45) is 0 Å². The predicted octanol–water partition coefficient (Wildman–Crippen LogP) is 3.75. The fourth-order valence-electron chi connectivity index (χ4n) is 4.68. The van der Waals surface area contributed by atoms with E-state index < -0.39 is 0 Å². The van der Waals surface area contributed by atoms with Gasteiger partial charge < -0.3 is 19.7 Å². The van der Waals surface area contributed by atoms with Crippen molar-refractivity contribution in [3.63, 3.8) is 0 Å². The third-order valence-electron chi connectivity index (χ3n) is 6.33. The number of halogens is 2. The first kappa shape index (κ1) is 22.3. The van der Waals surface area contributed by atoms with Crippen molar-refractivity contribution in [3.8, 4) is 0 Å². The Hall–Kier alpha value is -1.86. The molecular formula is C23H26Cl2N2O4. The number of hydrogen-bond donors (Lipinski definition) is 2. The topological polar surface area (TPSA) is 82.6 Å². The molecule has 0 bridgehead atoms. The van der Waals surface area contributed by atoms with Crippen LogP contribution in [0.2, 0.25) is 10.0 Å². The van der Waals surface area contributed by atoms with Crippen LogP contribution in [-0.2, 0) is 17.7 Å². The highest BCUT2D eigenvalue weighted by Gasteiger charge is 2.35. The highest BCUT2D eigenvalue weighted by atomic mass is 35.5. The number of rotatable bonds is 5. The predicted molar refractivity (Wildman–Crippen MR) is 120 cm³/mol. The Balaban J connectivity index is 1.71. The zero-order valence-electron chi connectivity index (χ0n) is 17.6. The molecule has 166 valence electrons. The van der Waals surface area contributed by atoms with Crippen molar-refractivity contribution in [3.05, 3.63) is 66.0 Å². The summed E-state index contributed by atoms with van der Waals surface area (Å²) >= 11 is 13.3. The normalized spacial score (nSPS) is 19.6. The van der Waals surface area contributed by atoms with Crippen molar-refractivity contribution < 1.29 is 14.6 Å². The van der Waals surface area contributed by atoms with Crippen molar-refractivity contribution in [2.75, 3.05) is 19.8 Å². The minimum absolute atomic E-state index is 0.144. The zero-order valence-corrected chi connectivity index (χ0v) is 19.1. The molecule has 0 aliphatic carbocycles. The third-order valence-corrected chi connectivity index (χ3v) is 7.08. The second-order valence-electron chi connectivity index (χ2n) is 8.38. The number of benzene rings is 1. The van der Waals surface area contributed by atoms with Crippen LogP contribution in [0, 0.1) is 13.8 Å². The fourth-order valence-corrected chi connectivity index (χ4v) is 5.38. The van der Waals surface area contributed by atoms with Gasteiger partial charge in [0.15, 0.2) is 0 Å². The zero-order chi connectivity index (χ0) is 22.3. The lowest BCUT2D eigenvalue weighted by Crippen LogP contribution is -2.39. The number of carbonyl (C=O) groups excluding carboxylic acids is 1. The van der Waals surface area contributed by atoms with Crippen LogP contribution in [0.25, 0.3) is 0 Å². The summed E-state index contributed by atoms with van der Waals surface area (Å²) in [5.74, 6) is -0.596. The van der Waals surface area contributed by atoms with E-state index in [-0.39, 0.29) is 36.6 Å². The summed E-state index contributed by atoms with van der Waals surface area (Å²) in [6, 6.07) is 3.66. The number of aliphatic hydroxyl groups is 1. The summed E-state index contributed by atoms with van der Waals surface area (Å²) in [5.41, 5.74) is 3.73. The van der Waals surface area contributed by atoms with Gasteiger partial charge in [0, 0.05) is 35.3 Å². The fraction of sp³-hybridized carbons (Fsp3) is 0.478. The highest BCUT2D eigenvalue weighted by molar-refractivity contribution is 6.37. The smallest absolute Gasteiger partial charge is 0.256 e. The molecule has 2 aliphatic heterocycles. The third kappa shape index (κ3) is 4.14. The molecule has 8 heteroatoms. The van der Waals surface area contributed by atoms with Crippen molar-refractivity contribution in [2.45, 2.75) is 51.7 Å². The van der Waals surface area contributed by atoms with E-state index in [4.69, 9.17) is 27.9 Å². The lowest BCUT2D eigenvalue weighted by atomic mass is 9.87. The van der Waals surface area contributed by atoms with Gasteiger partial charge in [0.25, 0.3) is 11.5 Å². The monoisotopic (exact) mass is 464 g/mol. The molecular weight excluding hydrogens is 439 g/mol. The van der Waals surface area contributed by atoms with Gasteiger partial charge in [0.1, 0.15) is 0 Å². The van der Waals surface area contributed by atoms with Crippen LogP contribution in [0.5, 0.6) is 0 Å². The Bertz CT molecular complexity index is 1080. The summed E-state index contributed by atoms with van der Waals surface area (Å²) in [4.78, 5) is 30.3. The molecule has 0 radical (unpaired) electrons. The number of aliphatic hydroxyl groups excluding tert-OH is 1. The number of pyridine rings is 1. The number of carbonyl (C=O) groups is 1. The average Bonchev–Trinajstić information content (AvgIpc) is 3.24. The molecule has 0 spiro atoms. The number of ether oxygens (including phenoxy) is 1. The molecule has 1 amide bonds. The summed E-state index contributed by atoms with van der Waals surface area (Å²) in [5, 5.41) is 10.8. The number of aromatic nitrogens is 1. The van der Waals surface area contributed by atoms with Crippen LogP contribution in [0.15, 0.2) is 16.9 Å².